The molecule has 1 aliphatic heterocycles. The number of hydrogen-bond acceptors (Lipinski definition) is 2. The molecule has 0 saturated carbocycles. The lowest BCUT2D eigenvalue weighted by atomic mass is 9.96. The second kappa shape index (κ2) is 4.14. The minimum absolute atomic E-state index is 0.0335. The van der Waals surface area contributed by atoms with Gasteiger partial charge in [0.1, 0.15) is 9.26 Å². The van der Waals surface area contributed by atoms with Gasteiger partial charge in [-0.3, -0.25) is 4.68 Å². The highest BCUT2D eigenvalue weighted by Crippen LogP contribution is 2.35. The average Bonchev–Trinajstić information content (AvgIpc) is 2.50. The van der Waals surface area contributed by atoms with Crippen LogP contribution < -0.4 is 0 Å². The van der Waals surface area contributed by atoms with E-state index in [9.17, 15) is 18.0 Å². The van der Waals surface area contributed by atoms with Crippen LogP contribution in [0, 0.1) is 9.62 Å². The molecular weight excluding hydrogens is 352 g/mol. The fourth-order valence-electron chi connectivity index (χ4n) is 1.96. The van der Waals surface area contributed by atoms with Crippen molar-refractivity contribution < 1.29 is 23.1 Å². The highest BCUT2D eigenvalue weighted by molar-refractivity contribution is 14.1. The molecular formula is C9H8F3IN2O2. The number of carboxylic acid groups (broad SMARTS) is 1. The molecule has 1 unspecified atom stereocenters. The summed E-state index contributed by atoms with van der Waals surface area (Å²) < 4.78 is 39.0. The second-order valence-corrected chi connectivity index (χ2v) is 4.90. The van der Waals surface area contributed by atoms with Gasteiger partial charge in [0.15, 0.2) is 0 Å². The Kier molecular flexibility index (Phi) is 3.08. The van der Waals surface area contributed by atoms with Gasteiger partial charge in [-0.25, -0.2) is 4.79 Å². The van der Waals surface area contributed by atoms with Crippen molar-refractivity contribution in [2.75, 3.05) is 0 Å². The van der Waals surface area contributed by atoms with Gasteiger partial charge in [-0.2, -0.15) is 18.3 Å². The van der Waals surface area contributed by atoms with Crippen molar-refractivity contribution in [3.8, 4) is 0 Å². The van der Waals surface area contributed by atoms with Crippen molar-refractivity contribution in [1.29, 1.82) is 0 Å². The Labute approximate surface area is 108 Å². The lowest BCUT2D eigenvalue weighted by molar-refractivity contribution is -0.182. The van der Waals surface area contributed by atoms with Crippen LogP contribution in [0.2, 0.25) is 0 Å². The van der Waals surface area contributed by atoms with E-state index in [1.165, 1.54) is 4.68 Å². The fraction of sp³-hybridized carbons (Fsp3) is 0.556. The number of carboxylic acids is 1. The van der Waals surface area contributed by atoms with E-state index in [4.69, 9.17) is 5.11 Å². The summed E-state index contributed by atoms with van der Waals surface area (Å²) in [7, 11) is 0. The predicted octanol–water partition coefficient (Wildman–Crippen LogP) is 2.31. The van der Waals surface area contributed by atoms with E-state index in [2.05, 4.69) is 5.10 Å². The summed E-state index contributed by atoms with van der Waals surface area (Å²) in [4.78, 5) is 11.0. The minimum Gasteiger partial charge on any atom is -0.478 e. The Bertz CT molecular complexity index is 470. The molecule has 1 aliphatic rings. The first-order valence-electron chi connectivity index (χ1n) is 4.86. The van der Waals surface area contributed by atoms with Gasteiger partial charge in [0, 0.05) is 0 Å². The standard InChI is InChI=1S/C9H8F3IN2O2/c10-9(11,12)4-1-2-5-6(8(16)17)7(13)14-15(5)3-4/h4H,1-3H2,(H,16,17). The van der Waals surface area contributed by atoms with Crippen molar-refractivity contribution in [2.45, 2.75) is 25.6 Å². The Morgan fingerprint density at radius 3 is 2.71 bits per heavy atom. The van der Waals surface area contributed by atoms with Crippen LogP contribution in [0.25, 0.3) is 0 Å². The highest BCUT2D eigenvalue weighted by Gasteiger charge is 2.42. The van der Waals surface area contributed by atoms with Crippen LogP contribution in [-0.4, -0.2) is 27.0 Å². The van der Waals surface area contributed by atoms with Crippen molar-refractivity contribution >= 4 is 28.6 Å². The topological polar surface area (TPSA) is 55.1 Å². The molecule has 1 atom stereocenters. The van der Waals surface area contributed by atoms with Crippen LogP contribution in [0.5, 0.6) is 0 Å². The maximum absolute atomic E-state index is 12.5. The largest absolute Gasteiger partial charge is 0.478 e. The third-order valence-electron chi connectivity index (χ3n) is 2.81. The summed E-state index contributed by atoms with van der Waals surface area (Å²) in [6, 6.07) is 0. The van der Waals surface area contributed by atoms with Crippen LogP contribution in [0.4, 0.5) is 13.2 Å². The molecule has 94 valence electrons. The van der Waals surface area contributed by atoms with Crippen molar-refractivity contribution in [1.82, 2.24) is 9.78 Å². The molecule has 0 saturated heterocycles. The zero-order valence-corrected chi connectivity index (χ0v) is 10.6. The maximum atomic E-state index is 12.5. The van der Waals surface area contributed by atoms with E-state index in [0.717, 1.165) is 0 Å². The number of aromatic nitrogens is 2. The van der Waals surface area contributed by atoms with Crippen LogP contribution in [-0.2, 0) is 13.0 Å². The SMILES string of the molecule is O=C(O)c1c(I)nn2c1CCC(C(F)(F)F)C2. The second-order valence-electron chi connectivity index (χ2n) is 3.88. The molecule has 4 nitrogen and oxygen atoms in total. The Balaban J connectivity index is 2.35. The zero-order chi connectivity index (χ0) is 12.8. The molecule has 0 aliphatic carbocycles. The van der Waals surface area contributed by atoms with Crippen molar-refractivity contribution in [3.63, 3.8) is 0 Å². The summed E-state index contributed by atoms with van der Waals surface area (Å²) >= 11 is 1.73. The number of hydrogen-bond donors (Lipinski definition) is 1. The van der Waals surface area contributed by atoms with Gasteiger partial charge in [0.05, 0.1) is 18.2 Å². The molecule has 0 bridgehead atoms. The van der Waals surface area contributed by atoms with Gasteiger partial charge < -0.3 is 5.11 Å². The Hall–Kier alpha value is -0.800. The first-order valence-corrected chi connectivity index (χ1v) is 5.93. The van der Waals surface area contributed by atoms with Gasteiger partial charge in [-0.15, -0.1) is 0 Å². The Morgan fingerprint density at radius 1 is 1.53 bits per heavy atom. The first-order chi connectivity index (χ1) is 7.80. The van der Waals surface area contributed by atoms with Crippen molar-refractivity contribution in [3.05, 3.63) is 15.0 Å². The summed E-state index contributed by atoms with van der Waals surface area (Å²) in [6.45, 7) is -0.290. The van der Waals surface area contributed by atoms with E-state index in [0.29, 0.717) is 5.69 Å². The molecule has 17 heavy (non-hydrogen) atoms. The van der Waals surface area contributed by atoms with Gasteiger partial charge >= 0.3 is 12.1 Å². The number of rotatable bonds is 1. The minimum atomic E-state index is -4.25. The smallest absolute Gasteiger partial charge is 0.393 e. The lowest BCUT2D eigenvalue weighted by Gasteiger charge is -2.25. The Morgan fingerprint density at radius 2 is 2.18 bits per heavy atom. The fourth-order valence-corrected chi connectivity index (χ4v) is 2.76. The van der Waals surface area contributed by atoms with Crippen LogP contribution in [0.3, 0.4) is 0 Å². The molecule has 0 aromatic carbocycles. The zero-order valence-electron chi connectivity index (χ0n) is 8.46. The van der Waals surface area contributed by atoms with E-state index in [-0.39, 0.29) is 28.7 Å². The quantitative estimate of drug-likeness (QED) is 0.783. The van der Waals surface area contributed by atoms with Crippen LogP contribution in [0.1, 0.15) is 22.5 Å². The summed E-state index contributed by atoms with van der Waals surface area (Å²) in [5.41, 5.74) is 0.425. The third-order valence-corrected chi connectivity index (χ3v) is 3.57. The van der Waals surface area contributed by atoms with Crippen LogP contribution in [0.15, 0.2) is 0 Å². The molecule has 2 heterocycles. The van der Waals surface area contributed by atoms with Gasteiger partial charge in [-0.1, -0.05) is 0 Å². The van der Waals surface area contributed by atoms with Gasteiger partial charge in [0.2, 0.25) is 0 Å². The highest BCUT2D eigenvalue weighted by atomic mass is 127. The molecule has 0 spiro atoms. The molecule has 1 N–H and O–H groups in total. The number of carbonyl (C=O) groups is 1. The van der Waals surface area contributed by atoms with Gasteiger partial charge in [-0.05, 0) is 35.4 Å². The van der Waals surface area contributed by atoms with E-state index >= 15 is 0 Å². The predicted molar refractivity (Wildman–Crippen MR) is 59.8 cm³/mol. The number of fused-ring (bicyclic) bond motifs is 1. The summed E-state index contributed by atoms with van der Waals surface area (Å²) in [6.07, 6.45) is -4.23. The molecule has 1 aromatic rings. The molecule has 8 heteroatoms. The normalized spacial score (nSPS) is 20.1. The third kappa shape index (κ3) is 2.26. The van der Waals surface area contributed by atoms with Gasteiger partial charge in [0.25, 0.3) is 0 Å². The maximum Gasteiger partial charge on any atom is 0.393 e. The van der Waals surface area contributed by atoms with E-state index in [1.807, 2.05) is 0 Å². The molecule has 0 amide bonds. The number of nitrogens with zero attached hydrogens (tertiary/aromatic N) is 2. The molecule has 0 fully saturated rings. The number of alkyl halides is 3. The molecule has 2 rings (SSSR count). The van der Waals surface area contributed by atoms with Crippen LogP contribution >= 0.6 is 22.6 Å². The average molecular weight is 360 g/mol. The number of halogens is 4. The first kappa shape index (κ1) is 12.7. The monoisotopic (exact) mass is 360 g/mol. The molecule has 1 aromatic heterocycles. The molecule has 0 radical (unpaired) electrons. The van der Waals surface area contributed by atoms with Crippen molar-refractivity contribution in [2.24, 2.45) is 5.92 Å². The lowest BCUT2D eigenvalue weighted by Crippen LogP contribution is -2.32. The van der Waals surface area contributed by atoms with E-state index < -0.39 is 18.1 Å². The summed E-state index contributed by atoms with van der Waals surface area (Å²) in [5, 5.41) is 12.8. The van der Waals surface area contributed by atoms with E-state index in [1.54, 1.807) is 22.6 Å². The number of aromatic carboxylic acids is 1. The summed E-state index contributed by atoms with van der Waals surface area (Å²) in [5.74, 6) is -2.58.